The second-order valence-corrected chi connectivity index (χ2v) is 7.08. The van der Waals surface area contributed by atoms with E-state index in [-0.39, 0.29) is 0 Å². The Morgan fingerprint density at radius 1 is 0.583 bits per heavy atom. The fraction of sp³-hybridized carbons (Fsp3) is 0.0435. The summed E-state index contributed by atoms with van der Waals surface area (Å²) in [5.41, 5.74) is 2.60. The second-order valence-electron chi connectivity index (χ2n) is 6.20. The van der Waals surface area contributed by atoms with Crippen molar-refractivity contribution in [2.75, 3.05) is 6.26 Å². The van der Waals surface area contributed by atoms with Gasteiger partial charge in [-0.2, -0.15) is 0 Å². The van der Waals surface area contributed by atoms with Crippen molar-refractivity contribution in [2.45, 2.75) is 4.90 Å². The van der Waals surface area contributed by atoms with E-state index in [1.165, 1.54) is 48.3 Å². The highest BCUT2D eigenvalue weighted by Crippen LogP contribution is 2.39. The number of benzene rings is 5. The average Bonchev–Trinajstić information content (AvgIpc) is 2.66. The molecule has 0 unspecified atom stereocenters. The molecule has 0 nitrogen and oxygen atoms in total. The largest absolute Gasteiger partial charge is 0.130 e. The molecule has 0 N–H and O–H groups in total. The Hall–Kier alpha value is -2.51. The van der Waals surface area contributed by atoms with E-state index in [0.29, 0.717) is 0 Å². The zero-order chi connectivity index (χ0) is 16.1. The summed E-state index contributed by atoms with van der Waals surface area (Å²) in [6.45, 7) is 0. The van der Waals surface area contributed by atoms with Gasteiger partial charge in [0.2, 0.25) is 0 Å². The Kier molecular flexibility index (Phi) is 3.04. The molecular weight excluding hydrogens is 308 g/mol. The van der Waals surface area contributed by atoms with E-state index in [1.54, 1.807) is 11.8 Å². The normalized spacial score (nSPS) is 11.7. The van der Waals surface area contributed by atoms with Crippen LogP contribution in [0.25, 0.3) is 43.4 Å². The molecule has 0 saturated carbocycles. The summed E-state index contributed by atoms with van der Waals surface area (Å²) >= 11 is 1.78. The number of rotatable bonds is 2. The van der Waals surface area contributed by atoms with Crippen LogP contribution >= 0.6 is 11.8 Å². The first kappa shape index (κ1) is 13.9. The van der Waals surface area contributed by atoms with Crippen molar-refractivity contribution in [3.63, 3.8) is 0 Å². The van der Waals surface area contributed by atoms with E-state index in [1.807, 2.05) is 0 Å². The van der Waals surface area contributed by atoms with E-state index in [0.717, 1.165) is 0 Å². The minimum absolute atomic E-state index is 1.28. The van der Waals surface area contributed by atoms with Crippen LogP contribution in [0.2, 0.25) is 0 Å². The van der Waals surface area contributed by atoms with Gasteiger partial charge in [0.1, 0.15) is 0 Å². The van der Waals surface area contributed by atoms with Gasteiger partial charge in [-0.15, -0.1) is 11.8 Å². The van der Waals surface area contributed by atoms with Crippen molar-refractivity contribution in [1.82, 2.24) is 0 Å². The van der Waals surface area contributed by atoms with Gasteiger partial charge in [-0.25, -0.2) is 0 Å². The lowest BCUT2D eigenvalue weighted by Crippen LogP contribution is -1.87. The predicted octanol–water partition coefficient (Wildman–Crippen LogP) is 6.97. The first-order chi connectivity index (χ1) is 11.8. The molecule has 0 spiro atoms. The quantitative estimate of drug-likeness (QED) is 0.249. The zero-order valence-electron chi connectivity index (χ0n) is 13.4. The maximum absolute atomic E-state index is 2.28. The van der Waals surface area contributed by atoms with Crippen LogP contribution in [0.5, 0.6) is 0 Å². The molecule has 0 amide bonds. The van der Waals surface area contributed by atoms with Gasteiger partial charge in [0.25, 0.3) is 0 Å². The van der Waals surface area contributed by atoms with Crippen LogP contribution < -0.4 is 0 Å². The topological polar surface area (TPSA) is 0 Å². The lowest BCUT2D eigenvalue weighted by molar-refractivity contribution is 1.47. The summed E-state index contributed by atoms with van der Waals surface area (Å²) in [5, 5.41) is 8.07. The fourth-order valence-corrected chi connectivity index (χ4v) is 4.17. The first-order valence-corrected chi connectivity index (χ1v) is 9.38. The molecule has 114 valence electrons. The Bertz CT molecular complexity index is 1150. The lowest BCUT2D eigenvalue weighted by atomic mass is 9.90. The van der Waals surface area contributed by atoms with Crippen molar-refractivity contribution in [3.8, 4) is 11.1 Å². The molecule has 0 bridgehead atoms. The standard InChI is InChI=1S/C23H16S/c1-24-19-11-7-15(8-12-19)20-13-9-18-6-5-16-3-2-4-17-10-14-21(20)23(18)22(16)17/h2-14H,1H3. The minimum Gasteiger partial charge on any atom is -0.130 e. The van der Waals surface area contributed by atoms with Crippen molar-refractivity contribution in [3.05, 3.63) is 78.9 Å². The van der Waals surface area contributed by atoms with Gasteiger partial charge < -0.3 is 0 Å². The van der Waals surface area contributed by atoms with Gasteiger partial charge >= 0.3 is 0 Å². The molecule has 5 rings (SSSR count). The third-order valence-electron chi connectivity index (χ3n) is 4.93. The van der Waals surface area contributed by atoms with E-state index >= 15 is 0 Å². The summed E-state index contributed by atoms with van der Waals surface area (Å²) in [7, 11) is 0. The van der Waals surface area contributed by atoms with E-state index in [4.69, 9.17) is 0 Å². The van der Waals surface area contributed by atoms with Gasteiger partial charge in [0.15, 0.2) is 0 Å². The molecule has 0 aliphatic rings. The van der Waals surface area contributed by atoms with E-state index < -0.39 is 0 Å². The fourth-order valence-electron chi connectivity index (χ4n) is 3.76. The smallest absolute Gasteiger partial charge is 0.00695 e. The molecule has 1 heteroatoms. The molecule has 5 aromatic rings. The molecule has 0 radical (unpaired) electrons. The van der Waals surface area contributed by atoms with Crippen molar-refractivity contribution in [1.29, 1.82) is 0 Å². The van der Waals surface area contributed by atoms with Crippen LogP contribution in [0.1, 0.15) is 0 Å². The Morgan fingerprint density at radius 2 is 1.21 bits per heavy atom. The number of hydrogen-bond acceptors (Lipinski definition) is 1. The summed E-state index contributed by atoms with van der Waals surface area (Å²) in [4.78, 5) is 1.30. The average molecular weight is 324 g/mol. The maximum atomic E-state index is 2.28. The molecule has 0 fully saturated rings. The molecule has 0 aromatic heterocycles. The van der Waals surface area contributed by atoms with Gasteiger partial charge in [0, 0.05) is 4.90 Å². The van der Waals surface area contributed by atoms with Crippen LogP contribution in [-0.4, -0.2) is 6.26 Å². The SMILES string of the molecule is CSc1ccc(-c2ccc3ccc4cccc5ccc2c3c45)cc1. The van der Waals surface area contributed by atoms with Crippen LogP contribution in [0.3, 0.4) is 0 Å². The monoisotopic (exact) mass is 324 g/mol. The summed E-state index contributed by atoms with van der Waals surface area (Å²) in [6, 6.07) is 29.0. The summed E-state index contributed by atoms with van der Waals surface area (Å²) in [5.74, 6) is 0. The maximum Gasteiger partial charge on any atom is 0.00695 e. The van der Waals surface area contributed by atoms with Crippen LogP contribution in [-0.2, 0) is 0 Å². The highest BCUT2D eigenvalue weighted by molar-refractivity contribution is 7.98. The molecule has 0 heterocycles. The second kappa shape index (κ2) is 5.25. The Morgan fingerprint density at radius 3 is 1.92 bits per heavy atom. The van der Waals surface area contributed by atoms with Gasteiger partial charge in [-0.3, -0.25) is 0 Å². The van der Waals surface area contributed by atoms with Gasteiger partial charge in [-0.1, -0.05) is 66.7 Å². The third-order valence-corrected chi connectivity index (χ3v) is 5.67. The molecular formula is C23H16S. The third kappa shape index (κ3) is 1.95. The van der Waals surface area contributed by atoms with Gasteiger partial charge in [0.05, 0.1) is 0 Å². The Balaban J connectivity index is 1.89. The Labute approximate surface area is 145 Å². The van der Waals surface area contributed by atoms with Gasteiger partial charge in [-0.05, 0) is 61.8 Å². The molecule has 5 aromatic carbocycles. The minimum atomic E-state index is 1.28. The highest BCUT2D eigenvalue weighted by atomic mass is 32.2. The van der Waals surface area contributed by atoms with Crippen molar-refractivity contribution < 1.29 is 0 Å². The van der Waals surface area contributed by atoms with Crippen molar-refractivity contribution in [2.24, 2.45) is 0 Å². The molecule has 24 heavy (non-hydrogen) atoms. The molecule has 0 aliphatic carbocycles. The van der Waals surface area contributed by atoms with Crippen LogP contribution in [0.4, 0.5) is 0 Å². The molecule has 0 saturated heterocycles. The number of hydrogen-bond donors (Lipinski definition) is 0. The highest BCUT2D eigenvalue weighted by Gasteiger charge is 2.11. The molecule has 0 atom stereocenters. The van der Waals surface area contributed by atoms with Crippen molar-refractivity contribution >= 4 is 44.1 Å². The van der Waals surface area contributed by atoms with Crippen LogP contribution in [0.15, 0.2) is 83.8 Å². The van der Waals surface area contributed by atoms with E-state index in [9.17, 15) is 0 Å². The summed E-state index contributed by atoms with van der Waals surface area (Å²) < 4.78 is 0. The van der Waals surface area contributed by atoms with Crippen LogP contribution in [0, 0.1) is 0 Å². The predicted molar refractivity (Wildman–Crippen MR) is 107 cm³/mol. The lowest BCUT2D eigenvalue weighted by Gasteiger charge is -2.14. The zero-order valence-corrected chi connectivity index (χ0v) is 14.2. The molecule has 0 aliphatic heterocycles. The van der Waals surface area contributed by atoms with E-state index in [2.05, 4.69) is 85.1 Å². The number of thioether (sulfide) groups is 1. The summed E-state index contributed by atoms with van der Waals surface area (Å²) in [6.07, 6.45) is 2.12. The first-order valence-electron chi connectivity index (χ1n) is 8.16.